The third-order valence-electron chi connectivity index (χ3n) is 3.62. The van der Waals surface area contributed by atoms with Crippen LogP contribution in [0.25, 0.3) is 11.3 Å². The maximum Gasteiger partial charge on any atom is 0.203 e. The highest BCUT2D eigenvalue weighted by Crippen LogP contribution is 2.26. The number of aromatic nitrogens is 1. The van der Waals surface area contributed by atoms with E-state index in [4.69, 9.17) is 4.74 Å². The Kier molecular flexibility index (Phi) is 7.07. The average Bonchev–Trinajstić information content (AvgIpc) is 3.06. The summed E-state index contributed by atoms with van der Waals surface area (Å²) in [6.45, 7) is 4.29. The summed E-state index contributed by atoms with van der Waals surface area (Å²) in [6.07, 6.45) is 6.10. The van der Waals surface area contributed by atoms with Gasteiger partial charge in [0.25, 0.3) is 0 Å². The van der Waals surface area contributed by atoms with E-state index in [1.807, 2.05) is 29.6 Å². The number of anilines is 1. The van der Waals surface area contributed by atoms with Gasteiger partial charge in [0.2, 0.25) is 5.13 Å². The Bertz CT molecular complexity index is 619. The smallest absolute Gasteiger partial charge is 0.203 e. The first-order valence-electron chi connectivity index (χ1n) is 8.12. The van der Waals surface area contributed by atoms with Crippen molar-refractivity contribution in [1.29, 1.82) is 0 Å². The molecule has 0 radical (unpaired) electrons. The van der Waals surface area contributed by atoms with Crippen LogP contribution in [0.3, 0.4) is 0 Å². The first kappa shape index (κ1) is 17.5. The number of benzene rings is 1. The molecule has 0 fully saturated rings. The predicted molar refractivity (Wildman–Crippen MR) is 99.6 cm³/mol. The zero-order valence-electron chi connectivity index (χ0n) is 14.1. The molecule has 5 heteroatoms. The van der Waals surface area contributed by atoms with Gasteiger partial charge < -0.3 is 4.74 Å². The number of methoxy groups -OCH3 is 1. The van der Waals surface area contributed by atoms with E-state index in [0.29, 0.717) is 0 Å². The van der Waals surface area contributed by atoms with Gasteiger partial charge in [-0.05, 0) is 44.0 Å². The molecular formula is C18H25N3OS. The zero-order chi connectivity index (χ0) is 16.5. The van der Waals surface area contributed by atoms with Gasteiger partial charge in [0.05, 0.1) is 12.8 Å². The molecule has 0 atom stereocenters. The fraction of sp³-hybridized carbons (Fsp3) is 0.444. The summed E-state index contributed by atoms with van der Waals surface area (Å²) < 4.78 is 5.17. The second-order valence-electron chi connectivity index (χ2n) is 5.54. The number of nitrogens with one attached hydrogen (secondary N) is 1. The average molecular weight is 331 g/mol. The summed E-state index contributed by atoms with van der Waals surface area (Å²) in [4.78, 5) is 4.58. The SMILES string of the molecule is CCCCCC/C(C)=N/Nc1nc(-c2ccc(OC)cc2)cs1. The van der Waals surface area contributed by atoms with Crippen molar-refractivity contribution in [2.45, 2.75) is 46.0 Å². The number of hydrogen-bond acceptors (Lipinski definition) is 5. The molecule has 0 spiro atoms. The second-order valence-corrected chi connectivity index (χ2v) is 6.39. The van der Waals surface area contributed by atoms with E-state index in [0.717, 1.165) is 34.3 Å². The normalized spacial score (nSPS) is 11.5. The Morgan fingerprint density at radius 2 is 2.00 bits per heavy atom. The largest absolute Gasteiger partial charge is 0.497 e. The van der Waals surface area contributed by atoms with Gasteiger partial charge in [-0.1, -0.05) is 26.2 Å². The minimum atomic E-state index is 0.823. The monoisotopic (exact) mass is 331 g/mol. The Morgan fingerprint density at radius 1 is 1.22 bits per heavy atom. The first-order chi connectivity index (χ1) is 11.2. The van der Waals surface area contributed by atoms with Crippen LogP contribution in [0.2, 0.25) is 0 Å². The standard InChI is InChI=1S/C18H25N3OS/c1-4-5-6-7-8-14(2)20-21-18-19-17(13-23-18)15-9-11-16(22-3)12-10-15/h9-13H,4-8H2,1-3H3,(H,19,21)/b20-14+. The van der Waals surface area contributed by atoms with Gasteiger partial charge in [-0.2, -0.15) is 5.10 Å². The maximum atomic E-state index is 5.17. The molecule has 0 amide bonds. The molecule has 1 aromatic carbocycles. The highest BCUT2D eigenvalue weighted by molar-refractivity contribution is 7.14. The molecule has 2 aromatic rings. The third kappa shape index (κ3) is 5.67. The number of rotatable bonds is 9. The number of thiazole rings is 1. The molecule has 0 bridgehead atoms. The molecule has 0 aliphatic heterocycles. The number of hydrazone groups is 1. The van der Waals surface area contributed by atoms with E-state index in [-0.39, 0.29) is 0 Å². The van der Waals surface area contributed by atoms with Gasteiger partial charge in [-0.15, -0.1) is 11.3 Å². The van der Waals surface area contributed by atoms with Crippen LogP contribution in [-0.2, 0) is 0 Å². The van der Waals surface area contributed by atoms with Crippen molar-refractivity contribution in [2.75, 3.05) is 12.5 Å². The lowest BCUT2D eigenvalue weighted by atomic mass is 10.1. The summed E-state index contributed by atoms with van der Waals surface area (Å²) in [6, 6.07) is 7.92. The highest BCUT2D eigenvalue weighted by Gasteiger charge is 2.04. The molecule has 1 heterocycles. The molecule has 1 aromatic heterocycles. The molecule has 23 heavy (non-hydrogen) atoms. The molecule has 0 saturated carbocycles. The topological polar surface area (TPSA) is 46.5 Å². The summed E-state index contributed by atoms with van der Waals surface area (Å²) in [5.41, 5.74) is 6.23. The van der Waals surface area contributed by atoms with E-state index in [1.54, 1.807) is 18.4 Å². The molecule has 2 rings (SSSR count). The molecule has 124 valence electrons. The zero-order valence-corrected chi connectivity index (χ0v) is 14.9. The van der Waals surface area contributed by atoms with Crippen molar-refractivity contribution in [3.63, 3.8) is 0 Å². The Balaban J connectivity index is 1.88. The van der Waals surface area contributed by atoms with Gasteiger partial charge in [-0.3, -0.25) is 5.43 Å². The van der Waals surface area contributed by atoms with Crippen molar-refractivity contribution < 1.29 is 4.74 Å². The highest BCUT2D eigenvalue weighted by atomic mass is 32.1. The fourth-order valence-electron chi connectivity index (χ4n) is 2.23. The van der Waals surface area contributed by atoms with Gasteiger partial charge >= 0.3 is 0 Å². The minimum Gasteiger partial charge on any atom is -0.497 e. The molecular weight excluding hydrogens is 306 g/mol. The van der Waals surface area contributed by atoms with Crippen LogP contribution < -0.4 is 10.2 Å². The Hall–Kier alpha value is -1.88. The Labute approximate surface area is 142 Å². The van der Waals surface area contributed by atoms with Crippen molar-refractivity contribution in [1.82, 2.24) is 4.98 Å². The maximum absolute atomic E-state index is 5.17. The van der Waals surface area contributed by atoms with Crippen molar-refractivity contribution >= 4 is 22.2 Å². The van der Waals surface area contributed by atoms with Gasteiger partial charge in [0, 0.05) is 16.7 Å². The summed E-state index contributed by atoms with van der Waals surface area (Å²) in [5.74, 6) is 0.852. The van der Waals surface area contributed by atoms with Crippen LogP contribution in [0.4, 0.5) is 5.13 Å². The van der Waals surface area contributed by atoms with Crippen LogP contribution in [-0.4, -0.2) is 17.8 Å². The number of ether oxygens (including phenoxy) is 1. The van der Waals surface area contributed by atoms with Gasteiger partial charge in [0.1, 0.15) is 5.75 Å². The summed E-state index contributed by atoms with van der Waals surface area (Å²) >= 11 is 1.57. The molecule has 0 aliphatic rings. The molecule has 0 unspecified atom stereocenters. The summed E-state index contributed by atoms with van der Waals surface area (Å²) in [7, 11) is 1.67. The van der Waals surface area contributed by atoms with Gasteiger partial charge in [-0.25, -0.2) is 4.98 Å². The van der Waals surface area contributed by atoms with E-state index >= 15 is 0 Å². The molecule has 0 saturated heterocycles. The fourth-order valence-corrected chi connectivity index (χ4v) is 2.89. The van der Waals surface area contributed by atoms with Crippen LogP contribution in [0.15, 0.2) is 34.7 Å². The van der Waals surface area contributed by atoms with Crippen molar-refractivity contribution in [3.05, 3.63) is 29.6 Å². The van der Waals surface area contributed by atoms with Crippen LogP contribution in [0.1, 0.15) is 46.0 Å². The number of nitrogens with zero attached hydrogens (tertiary/aromatic N) is 2. The minimum absolute atomic E-state index is 0.823. The lowest BCUT2D eigenvalue weighted by Gasteiger charge is -2.01. The van der Waals surface area contributed by atoms with Crippen LogP contribution in [0.5, 0.6) is 5.75 Å². The third-order valence-corrected chi connectivity index (χ3v) is 4.37. The summed E-state index contributed by atoms with van der Waals surface area (Å²) in [5, 5.41) is 7.28. The first-order valence-corrected chi connectivity index (χ1v) is 9.00. The van der Waals surface area contributed by atoms with E-state index < -0.39 is 0 Å². The molecule has 1 N–H and O–H groups in total. The van der Waals surface area contributed by atoms with E-state index in [9.17, 15) is 0 Å². The number of unbranched alkanes of at least 4 members (excludes halogenated alkanes) is 3. The van der Waals surface area contributed by atoms with E-state index in [1.165, 1.54) is 25.7 Å². The van der Waals surface area contributed by atoms with Crippen LogP contribution in [0, 0.1) is 0 Å². The van der Waals surface area contributed by atoms with Crippen molar-refractivity contribution in [2.24, 2.45) is 5.10 Å². The Morgan fingerprint density at radius 3 is 2.70 bits per heavy atom. The van der Waals surface area contributed by atoms with Gasteiger partial charge in [0.15, 0.2) is 0 Å². The molecule has 0 aliphatic carbocycles. The van der Waals surface area contributed by atoms with Crippen molar-refractivity contribution in [3.8, 4) is 17.0 Å². The molecule has 4 nitrogen and oxygen atoms in total. The lowest BCUT2D eigenvalue weighted by molar-refractivity contribution is 0.415. The quantitative estimate of drug-likeness (QED) is 0.371. The number of hydrogen-bond donors (Lipinski definition) is 1. The lowest BCUT2D eigenvalue weighted by Crippen LogP contribution is -1.97. The van der Waals surface area contributed by atoms with E-state index in [2.05, 4.69) is 29.4 Å². The predicted octanol–water partition coefficient (Wildman–Crippen LogP) is 5.58. The van der Waals surface area contributed by atoms with Crippen LogP contribution >= 0.6 is 11.3 Å². The second kappa shape index (κ2) is 9.30.